The Bertz CT molecular complexity index is 1140. The van der Waals surface area contributed by atoms with Gasteiger partial charge in [-0.2, -0.15) is 5.26 Å². The predicted molar refractivity (Wildman–Crippen MR) is 113 cm³/mol. The van der Waals surface area contributed by atoms with E-state index in [1.54, 1.807) is 19.1 Å². The van der Waals surface area contributed by atoms with Crippen LogP contribution in [0.1, 0.15) is 27.9 Å². The summed E-state index contributed by atoms with van der Waals surface area (Å²) in [6, 6.07) is 7.35. The Hall–Kier alpha value is -3.64. The molecule has 8 nitrogen and oxygen atoms in total. The molecule has 166 valence electrons. The van der Waals surface area contributed by atoms with Crippen molar-refractivity contribution < 1.29 is 28.6 Å². The molecular formula is C23H22FN3O5. The van der Waals surface area contributed by atoms with Crippen molar-refractivity contribution in [2.24, 2.45) is 5.16 Å². The van der Waals surface area contributed by atoms with E-state index in [9.17, 15) is 19.6 Å². The topological polar surface area (TPSA) is 104 Å². The molecule has 0 radical (unpaired) electrons. The highest BCUT2D eigenvalue weighted by Crippen LogP contribution is 2.44. The van der Waals surface area contributed by atoms with Gasteiger partial charge in [0, 0.05) is 12.0 Å². The molecule has 1 fully saturated rings. The number of likely N-dealkylation sites (tertiary alicyclic amines) is 1. The van der Waals surface area contributed by atoms with Gasteiger partial charge in [0.05, 0.1) is 42.1 Å². The summed E-state index contributed by atoms with van der Waals surface area (Å²) in [5.74, 6) is -0.298. The molecule has 0 bridgehead atoms. The predicted octanol–water partition coefficient (Wildman–Crippen LogP) is 2.65. The number of amides is 1. The zero-order valence-electron chi connectivity index (χ0n) is 17.7. The van der Waals surface area contributed by atoms with Crippen molar-refractivity contribution in [2.45, 2.75) is 19.4 Å². The number of carbonyl (C=O) groups is 1. The number of oxime groups is 1. The minimum absolute atomic E-state index is 0.217. The normalized spacial score (nSPS) is 18.5. The molecule has 9 heteroatoms. The van der Waals surface area contributed by atoms with E-state index in [-0.39, 0.29) is 49.1 Å². The third-order valence-corrected chi connectivity index (χ3v) is 5.66. The molecule has 2 aromatic carbocycles. The number of aliphatic hydroxyl groups is 1. The van der Waals surface area contributed by atoms with E-state index in [1.165, 1.54) is 24.1 Å². The molecular weight excluding hydrogens is 417 g/mol. The van der Waals surface area contributed by atoms with Gasteiger partial charge in [0.15, 0.2) is 11.5 Å². The zero-order chi connectivity index (χ0) is 22.8. The average molecular weight is 439 g/mol. The van der Waals surface area contributed by atoms with Crippen LogP contribution in [0.5, 0.6) is 11.5 Å². The van der Waals surface area contributed by atoms with E-state index < -0.39 is 11.9 Å². The maximum atomic E-state index is 14.2. The summed E-state index contributed by atoms with van der Waals surface area (Å²) in [6.45, 7) is 2.26. The van der Waals surface area contributed by atoms with Crippen molar-refractivity contribution in [1.29, 1.82) is 5.26 Å². The quantitative estimate of drug-likeness (QED) is 0.735. The van der Waals surface area contributed by atoms with Crippen LogP contribution in [0.3, 0.4) is 0 Å². The highest BCUT2D eigenvalue weighted by atomic mass is 19.1. The van der Waals surface area contributed by atoms with Crippen LogP contribution in [-0.4, -0.2) is 61.1 Å². The first-order chi connectivity index (χ1) is 15.5. The van der Waals surface area contributed by atoms with Crippen LogP contribution in [-0.2, 0) is 4.84 Å². The average Bonchev–Trinajstić information content (AvgIpc) is 3.22. The van der Waals surface area contributed by atoms with Gasteiger partial charge in [-0.3, -0.25) is 4.79 Å². The molecule has 4 rings (SSSR count). The van der Waals surface area contributed by atoms with E-state index >= 15 is 0 Å². The second-order valence-electron chi connectivity index (χ2n) is 7.57. The maximum absolute atomic E-state index is 14.2. The molecule has 0 spiro atoms. The Morgan fingerprint density at radius 2 is 2.06 bits per heavy atom. The number of carbonyl (C=O) groups excluding carboxylic acids is 1. The lowest BCUT2D eigenvalue weighted by molar-refractivity contribution is 0.0670. The van der Waals surface area contributed by atoms with E-state index in [1.807, 2.05) is 6.07 Å². The van der Waals surface area contributed by atoms with Crippen molar-refractivity contribution in [3.63, 3.8) is 0 Å². The van der Waals surface area contributed by atoms with Gasteiger partial charge >= 0.3 is 0 Å². The van der Waals surface area contributed by atoms with Gasteiger partial charge in [0.25, 0.3) is 5.91 Å². The molecule has 2 aliphatic rings. The smallest absolute Gasteiger partial charge is 0.258 e. The Morgan fingerprint density at radius 1 is 1.31 bits per heavy atom. The van der Waals surface area contributed by atoms with Gasteiger partial charge in [-0.1, -0.05) is 5.16 Å². The standard InChI is InChI=1S/C23H22FN3O5/c1-13-14(10-25)7-15(24)8-20(13)18-3-4-19(22-21(18)31-5-6-32-22)23(29)27-11-16(26-30-2)9-17(27)12-28/h3-4,7-8,17,28H,5-6,9,11-12H2,1-2H3/b26-16-/t17-/m0/s1. The highest BCUT2D eigenvalue weighted by Gasteiger charge is 2.36. The second kappa shape index (κ2) is 8.85. The fraction of sp³-hybridized carbons (Fsp3) is 0.348. The summed E-state index contributed by atoms with van der Waals surface area (Å²) in [6.07, 6.45) is 0.410. The van der Waals surface area contributed by atoms with E-state index in [2.05, 4.69) is 5.16 Å². The van der Waals surface area contributed by atoms with Gasteiger partial charge in [0.2, 0.25) is 0 Å². The Labute approximate surface area is 184 Å². The third-order valence-electron chi connectivity index (χ3n) is 5.66. The van der Waals surface area contributed by atoms with Crippen LogP contribution < -0.4 is 9.47 Å². The van der Waals surface area contributed by atoms with Crippen molar-refractivity contribution >= 4 is 11.6 Å². The number of halogens is 1. The lowest BCUT2D eigenvalue weighted by atomic mass is 9.94. The third kappa shape index (κ3) is 3.74. The minimum Gasteiger partial charge on any atom is -0.485 e. The van der Waals surface area contributed by atoms with Crippen LogP contribution in [0.2, 0.25) is 0 Å². The molecule has 1 atom stereocenters. The summed E-state index contributed by atoms with van der Waals surface area (Å²) in [4.78, 5) is 19.7. The van der Waals surface area contributed by atoms with E-state index in [0.29, 0.717) is 34.6 Å². The number of hydrogen-bond acceptors (Lipinski definition) is 7. The first-order valence-electron chi connectivity index (χ1n) is 10.1. The number of fused-ring (bicyclic) bond motifs is 1. The molecule has 1 saturated heterocycles. The number of nitriles is 1. The molecule has 1 amide bonds. The summed E-state index contributed by atoms with van der Waals surface area (Å²) in [7, 11) is 1.43. The van der Waals surface area contributed by atoms with Crippen LogP contribution in [0, 0.1) is 24.1 Å². The molecule has 0 aliphatic carbocycles. The number of hydrogen-bond donors (Lipinski definition) is 1. The van der Waals surface area contributed by atoms with Crippen LogP contribution in [0.25, 0.3) is 11.1 Å². The minimum atomic E-state index is -0.541. The number of benzene rings is 2. The molecule has 0 unspecified atom stereocenters. The molecule has 1 N–H and O–H groups in total. The lowest BCUT2D eigenvalue weighted by Crippen LogP contribution is -2.38. The maximum Gasteiger partial charge on any atom is 0.258 e. The van der Waals surface area contributed by atoms with Crippen LogP contribution in [0.4, 0.5) is 4.39 Å². The molecule has 0 saturated carbocycles. The fourth-order valence-corrected chi connectivity index (χ4v) is 4.12. The second-order valence-corrected chi connectivity index (χ2v) is 7.57. The summed E-state index contributed by atoms with van der Waals surface area (Å²) >= 11 is 0. The van der Waals surface area contributed by atoms with E-state index in [4.69, 9.17) is 14.3 Å². The monoisotopic (exact) mass is 439 g/mol. The van der Waals surface area contributed by atoms with Gasteiger partial charge < -0.3 is 24.3 Å². The van der Waals surface area contributed by atoms with Gasteiger partial charge in [-0.15, -0.1) is 0 Å². The number of aliphatic hydroxyl groups excluding tert-OH is 1. The first kappa shape index (κ1) is 21.6. The molecule has 2 heterocycles. The number of ether oxygens (including phenoxy) is 2. The Balaban J connectivity index is 1.79. The van der Waals surface area contributed by atoms with Crippen LogP contribution >= 0.6 is 0 Å². The Morgan fingerprint density at radius 3 is 2.75 bits per heavy atom. The number of nitrogens with zero attached hydrogens (tertiary/aromatic N) is 3. The SMILES string of the molecule is CO/N=C1/C[C@@H](CO)N(C(=O)c2ccc(-c3cc(F)cc(C#N)c3C)c3c2OCCO3)C1. The fourth-order valence-electron chi connectivity index (χ4n) is 4.12. The van der Waals surface area contributed by atoms with Crippen molar-refractivity contribution in [3.05, 3.63) is 46.8 Å². The van der Waals surface area contributed by atoms with Crippen LogP contribution in [0.15, 0.2) is 29.4 Å². The summed E-state index contributed by atoms with van der Waals surface area (Å²) in [5.41, 5.74) is 2.78. The first-order valence-corrected chi connectivity index (χ1v) is 10.1. The summed E-state index contributed by atoms with van der Waals surface area (Å²) < 4.78 is 25.8. The zero-order valence-corrected chi connectivity index (χ0v) is 17.7. The number of rotatable bonds is 4. The molecule has 2 aliphatic heterocycles. The molecule has 32 heavy (non-hydrogen) atoms. The lowest BCUT2D eigenvalue weighted by Gasteiger charge is -2.27. The highest BCUT2D eigenvalue weighted by molar-refractivity contribution is 6.03. The van der Waals surface area contributed by atoms with E-state index in [0.717, 1.165) is 0 Å². The van der Waals surface area contributed by atoms with Gasteiger partial charge in [-0.25, -0.2) is 4.39 Å². The largest absolute Gasteiger partial charge is 0.485 e. The van der Waals surface area contributed by atoms with Crippen molar-refractivity contribution in [1.82, 2.24) is 4.90 Å². The van der Waals surface area contributed by atoms with Crippen molar-refractivity contribution in [3.8, 4) is 28.7 Å². The summed E-state index contributed by atoms with van der Waals surface area (Å²) in [5, 5.41) is 23.0. The van der Waals surface area contributed by atoms with Gasteiger partial charge in [0.1, 0.15) is 26.1 Å². The van der Waals surface area contributed by atoms with Gasteiger partial charge in [-0.05, 0) is 42.3 Å². The molecule has 0 aromatic heterocycles. The Kier molecular flexibility index (Phi) is 5.97. The van der Waals surface area contributed by atoms with Crippen molar-refractivity contribution in [2.75, 3.05) is 33.5 Å². The molecule has 2 aromatic rings.